The van der Waals surface area contributed by atoms with Gasteiger partial charge in [-0.2, -0.15) is 0 Å². The summed E-state index contributed by atoms with van der Waals surface area (Å²) >= 11 is 1.69. The predicted octanol–water partition coefficient (Wildman–Crippen LogP) is -1.24. The lowest BCUT2D eigenvalue weighted by Gasteiger charge is -1.71. The van der Waals surface area contributed by atoms with Crippen molar-refractivity contribution in [3.05, 3.63) is 16.1 Å². The van der Waals surface area contributed by atoms with Crippen LogP contribution in [0, 0.1) is 13.8 Å². The normalized spacial score (nSPS) is 8.25. The van der Waals surface area contributed by atoms with E-state index >= 15 is 0 Å². The molecule has 0 radical (unpaired) electrons. The summed E-state index contributed by atoms with van der Waals surface area (Å²) in [5.74, 6) is 0. The van der Waals surface area contributed by atoms with Crippen LogP contribution in [0.1, 0.15) is 10.7 Å². The average Bonchev–Trinajstić information content (AvgIpc) is 1.87. The fourth-order valence-electron chi connectivity index (χ4n) is 0.472. The van der Waals surface area contributed by atoms with Crippen LogP contribution < -0.4 is 12.4 Å². The van der Waals surface area contributed by atoms with Crippen LogP contribution in [0.2, 0.25) is 0 Å². The number of aryl methyl sites for hydroxylation is 2. The van der Waals surface area contributed by atoms with E-state index in [-0.39, 0.29) is 12.4 Å². The summed E-state index contributed by atoms with van der Waals surface area (Å²) in [5, 5.41) is 3.20. The number of hydrogen-bond donors (Lipinski definition) is 0. The Morgan fingerprint density at radius 2 is 2.12 bits per heavy atom. The van der Waals surface area contributed by atoms with Crippen LogP contribution in [-0.2, 0) is 0 Å². The van der Waals surface area contributed by atoms with Crippen molar-refractivity contribution >= 4 is 11.3 Å². The molecule has 0 N–H and O–H groups in total. The maximum atomic E-state index is 4.13. The molecule has 8 heavy (non-hydrogen) atoms. The van der Waals surface area contributed by atoms with Gasteiger partial charge in [0.25, 0.3) is 0 Å². The number of rotatable bonds is 0. The molecule has 0 bridgehead atoms. The molecule has 0 saturated heterocycles. The zero-order valence-electron chi connectivity index (χ0n) is 4.81. The van der Waals surface area contributed by atoms with Crippen molar-refractivity contribution in [1.82, 2.24) is 4.98 Å². The van der Waals surface area contributed by atoms with Crippen molar-refractivity contribution in [3.63, 3.8) is 0 Å². The highest BCUT2D eigenvalue weighted by Gasteiger charge is 1.85. The third kappa shape index (κ3) is 1.80. The second-order valence-electron chi connectivity index (χ2n) is 1.51. The minimum Gasteiger partial charge on any atom is -1.00 e. The molecule has 0 fully saturated rings. The molecule has 1 nitrogen and oxygen atoms in total. The molecule has 0 aromatic carbocycles. The fraction of sp³-hybridized carbons (Fsp3) is 0.400. The van der Waals surface area contributed by atoms with Crippen molar-refractivity contribution in [2.45, 2.75) is 13.8 Å². The summed E-state index contributed by atoms with van der Waals surface area (Å²) in [7, 11) is 0. The predicted molar refractivity (Wildman–Crippen MR) is 31.6 cm³/mol. The van der Waals surface area contributed by atoms with Crippen LogP contribution in [0.4, 0.5) is 0 Å². The minimum atomic E-state index is 0. The summed E-state index contributed by atoms with van der Waals surface area (Å²) in [6.45, 7) is 4.02. The maximum Gasteiger partial charge on any atom is 0.0897 e. The third-order valence-electron chi connectivity index (χ3n) is 0.734. The van der Waals surface area contributed by atoms with E-state index in [0.29, 0.717) is 0 Å². The first kappa shape index (κ1) is 7.92. The molecule has 46 valence electrons. The number of hydrogen-bond acceptors (Lipinski definition) is 2. The average molecular weight is 149 g/mol. The molecule has 0 saturated carbocycles. The monoisotopic (exact) mass is 148 g/mol. The van der Waals surface area contributed by atoms with Gasteiger partial charge in [-0.3, -0.25) is 0 Å². The van der Waals surface area contributed by atoms with E-state index in [1.165, 1.54) is 0 Å². The van der Waals surface area contributed by atoms with Gasteiger partial charge in [-0.25, -0.2) is 4.98 Å². The van der Waals surface area contributed by atoms with Crippen LogP contribution in [-0.4, -0.2) is 4.98 Å². The summed E-state index contributed by atoms with van der Waals surface area (Å²) in [6, 6.07) is 0. The highest BCUT2D eigenvalue weighted by atomic mass is 35.5. The van der Waals surface area contributed by atoms with Crippen molar-refractivity contribution in [2.24, 2.45) is 0 Å². The van der Waals surface area contributed by atoms with Crippen molar-refractivity contribution < 1.29 is 12.4 Å². The number of aromatic nitrogens is 1. The van der Waals surface area contributed by atoms with Crippen LogP contribution in [0.3, 0.4) is 0 Å². The lowest BCUT2D eigenvalue weighted by atomic mass is 10.6. The van der Waals surface area contributed by atoms with E-state index in [1.54, 1.807) is 11.3 Å². The summed E-state index contributed by atoms with van der Waals surface area (Å²) < 4.78 is 0. The molecular weight excluding hydrogens is 142 g/mol. The van der Waals surface area contributed by atoms with E-state index in [0.717, 1.165) is 10.7 Å². The quantitative estimate of drug-likeness (QED) is 0.449. The smallest absolute Gasteiger partial charge is 0.0897 e. The SMILES string of the molecule is Cc1csc(C)n1.[Cl-]. The number of nitrogens with zero attached hydrogens (tertiary/aromatic N) is 1. The Morgan fingerprint density at radius 1 is 1.50 bits per heavy atom. The lowest BCUT2D eigenvalue weighted by Crippen LogP contribution is -3.00. The van der Waals surface area contributed by atoms with Gasteiger partial charge in [-0.15, -0.1) is 11.3 Å². The Labute approximate surface area is 59.2 Å². The Hall–Kier alpha value is -0.0800. The Kier molecular flexibility index (Phi) is 3.02. The first-order valence-corrected chi connectivity index (χ1v) is 3.06. The molecule has 0 amide bonds. The summed E-state index contributed by atoms with van der Waals surface area (Å²) in [4.78, 5) is 4.13. The molecule has 0 aliphatic carbocycles. The first-order valence-electron chi connectivity index (χ1n) is 2.18. The van der Waals surface area contributed by atoms with Gasteiger partial charge >= 0.3 is 0 Å². The molecule has 1 aromatic rings. The molecule has 0 aliphatic rings. The van der Waals surface area contributed by atoms with Gasteiger partial charge in [0, 0.05) is 11.1 Å². The van der Waals surface area contributed by atoms with Gasteiger partial charge in [0.15, 0.2) is 0 Å². The molecule has 1 heterocycles. The van der Waals surface area contributed by atoms with E-state index in [1.807, 2.05) is 13.8 Å². The highest BCUT2D eigenvalue weighted by molar-refractivity contribution is 7.09. The number of halogens is 1. The summed E-state index contributed by atoms with van der Waals surface area (Å²) in [6.07, 6.45) is 0. The van der Waals surface area contributed by atoms with Crippen LogP contribution in [0.15, 0.2) is 5.38 Å². The van der Waals surface area contributed by atoms with Gasteiger partial charge in [0.1, 0.15) is 0 Å². The van der Waals surface area contributed by atoms with E-state index < -0.39 is 0 Å². The summed E-state index contributed by atoms with van der Waals surface area (Å²) in [5.41, 5.74) is 1.13. The van der Waals surface area contributed by atoms with Gasteiger partial charge in [0.2, 0.25) is 0 Å². The van der Waals surface area contributed by atoms with Crippen molar-refractivity contribution in [1.29, 1.82) is 0 Å². The molecule has 0 aliphatic heterocycles. The fourth-order valence-corrected chi connectivity index (χ4v) is 1.06. The zero-order chi connectivity index (χ0) is 5.28. The Morgan fingerprint density at radius 3 is 2.25 bits per heavy atom. The van der Waals surface area contributed by atoms with Crippen molar-refractivity contribution in [2.75, 3.05) is 0 Å². The van der Waals surface area contributed by atoms with E-state index in [9.17, 15) is 0 Å². The maximum absolute atomic E-state index is 4.13. The van der Waals surface area contributed by atoms with E-state index in [2.05, 4.69) is 10.4 Å². The molecule has 1 rings (SSSR count). The number of thiazole rings is 1. The van der Waals surface area contributed by atoms with Crippen molar-refractivity contribution in [3.8, 4) is 0 Å². The highest BCUT2D eigenvalue weighted by Crippen LogP contribution is 2.04. The molecule has 1 aromatic heterocycles. The largest absolute Gasteiger partial charge is 1.00 e. The van der Waals surface area contributed by atoms with Gasteiger partial charge < -0.3 is 12.4 Å². The molecule has 3 heteroatoms. The van der Waals surface area contributed by atoms with Gasteiger partial charge in [-0.05, 0) is 13.8 Å². The second-order valence-corrected chi connectivity index (χ2v) is 2.57. The Bertz CT molecular complexity index is 145. The van der Waals surface area contributed by atoms with Gasteiger partial charge in [-0.1, -0.05) is 0 Å². The zero-order valence-corrected chi connectivity index (χ0v) is 6.38. The third-order valence-corrected chi connectivity index (χ3v) is 1.63. The topological polar surface area (TPSA) is 12.9 Å². The molecule has 0 atom stereocenters. The Balaban J connectivity index is 0.000000490. The first-order chi connectivity index (χ1) is 3.29. The molecule has 0 unspecified atom stereocenters. The molecule has 0 spiro atoms. The minimum absolute atomic E-state index is 0. The van der Waals surface area contributed by atoms with Crippen LogP contribution in [0.25, 0.3) is 0 Å². The van der Waals surface area contributed by atoms with Crippen LogP contribution >= 0.6 is 11.3 Å². The second kappa shape index (κ2) is 3.05. The van der Waals surface area contributed by atoms with E-state index in [4.69, 9.17) is 0 Å². The van der Waals surface area contributed by atoms with Gasteiger partial charge in [0.05, 0.1) is 5.01 Å². The van der Waals surface area contributed by atoms with Crippen LogP contribution in [0.5, 0.6) is 0 Å². The molecular formula is C5H7ClNS-. The lowest BCUT2D eigenvalue weighted by molar-refractivity contribution is -0.00000166. The standard InChI is InChI=1S/C5H7NS.ClH/c1-4-3-7-5(2)6-4;/h3H,1-2H3;1H/p-1.